The van der Waals surface area contributed by atoms with Crippen LogP contribution in [0.1, 0.15) is 5.56 Å². The van der Waals surface area contributed by atoms with Crippen molar-refractivity contribution >= 4 is 10.3 Å². The van der Waals surface area contributed by atoms with E-state index in [1.165, 1.54) is 12.1 Å². The third-order valence-electron chi connectivity index (χ3n) is 4.07. The lowest BCUT2D eigenvalue weighted by Gasteiger charge is -2.21. The van der Waals surface area contributed by atoms with Gasteiger partial charge < -0.3 is 4.18 Å². The molecular weight excluding hydrogens is 341 g/mol. The van der Waals surface area contributed by atoms with Crippen LogP contribution in [0.3, 0.4) is 0 Å². The lowest BCUT2D eigenvalue weighted by atomic mass is 9.98. The smallest absolute Gasteiger partial charge is 0.370 e. The first-order valence-corrected chi connectivity index (χ1v) is 9.10. The summed E-state index contributed by atoms with van der Waals surface area (Å²) in [6, 6.07) is 19.9. The molecule has 0 amide bonds. The van der Waals surface area contributed by atoms with Gasteiger partial charge in [0.25, 0.3) is 0 Å². The molecule has 0 aliphatic carbocycles. The molecule has 1 heterocycles. The van der Waals surface area contributed by atoms with E-state index >= 15 is 0 Å². The van der Waals surface area contributed by atoms with Crippen LogP contribution in [-0.2, 0) is 16.8 Å². The van der Waals surface area contributed by atoms with Crippen molar-refractivity contribution in [2.45, 2.75) is 6.54 Å². The van der Waals surface area contributed by atoms with Gasteiger partial charge >= 0.3 is 10.3 Å². The summed E-state index contributed by atoms with van der Waals surface area (Å²) < 4.78 is 44.6. The molecule has 0 radical (unpaired) electrons. The molecule has 25 heavy (non-hydrogen) atoms. The highest BCUT2D eigenvalue weighted by molar-refractivity contribution is 7.85. The van der Waals surface area contributed by atoms with Crippen molar-refractivity contribution in [3.63, 3.8) is 0 Å². The van der Waals surface area contributed by atoms with Gasteiger partial charge in [0.15, 0.2) is 5.75 Å². The van der Waals surface area contributed by atoms with Crippen LogP contribution in [0.5, 0.6) is 5.75 Å². The Bertz CT molecular complexity index is 1030. The van der Waals surface area contributed by atoms with Crippen molar-refractivity contribution in [2.75, 3.05) is 0 Å². The fraction of sp³-hybridized carbons (Fsp3) is 0.0526. The van der Waals surface area contributed by atoms with Crippen molar-refractivity contribution < 1.29 is 17.0 Å². The van der Waals surface area contributed by atoms with E-state index in [1.54, 1.807) is 0 Å². The maximum atomic E-state index is 13.9. The predicted octanol–water partition coefficient (Wildman–Crippen LogP) is 3.89. The summed E-state index contributed by atoms with van der Waals surface area (Å²) in [4.78, 5) is 0. The van der Waals surface area contributed by atoms with Crippen LogP contribution in [0.15, 0.2) is 66.7 Å². The summed E-state index contributed by atoms with van der Waals surface area (Å²) in [5.74, 6) is -0.266. The van der Waals surface area contributed by atoms with Crippen LogP contribution in [0.4, 0.5) is 4.39 Å². The van der Waals surface area contributed by atoms with Gasteiger partial charge in [-0.15, -0.1) is 0 Å². The first-order valence-electron chi connectivity index (χ1n) is 7.69. The fourth-order valence-corrected chi connectivity index (χ4v) is 3.68. The molecular formula is C19H14FNO3S. The minimum absolute atomic E-state index is 0.00449. The highest BCUT2D eigenvalue weighted by atomic mass is 32.2. The van der Waals surface area contributed by atoms with Crippen LogP contribution in [0, 0.1) is 5.82 Å². The number of hydrogen-bond acceptors (Lipinski definition) is 3. The maximum Gasteiger partial charge on any atom is 0.382 e. The predicted molar refractivity (Wildman–Crippen MR) is 93.7 cm³/mol. The molecule has 0 fully saturated rings. The first-order chi connectivity index (χ1) is 12.0. The van der Waals surface area contributed by atoms with E-state index in [1.807, 2.05) is 54.6 Å². The van der Waals surface area contributed by atoms with Gasteiger partial charge in [-0.05, 0) is 28.8 Å². The zero-order valence-electron chi connectivity index (χ0n) is 13.1. The van der Waals surface area contributed by atoms with Gasteiger partial charge in [-0.25, -0.2) is 4.39 Å². The minimum Gasteiger partial charge on any atom is -0.370 e. The first kappa shape index (κ1) is 15.8. The Morgan fingerprint density at radius 1 is 0.880 bits per heavy atom. The highest BCUT2D eigenvalue weighted by Crippen LogP contribution is 2.37. The molecule has 6 heteroatoms. The number of fused-ring (bicyclic) bond motifs is 1. The summed E-state index contributed by atoms with van der Waals surface area (Å²) in [5.41, 5.74) is 3.66. The van der Waals surface area contributed by atoms with Crippen LogP contribution in [-0.4, -0.2) is 8.42 Å². The van der Waals surface area contributed by atoms with E-state index in [0.29, 0.717) is 16.7 Å². The van der Waals surface area contributed by atoms with E-state index in [0.717, 1.165) is 11.1 Å². The van der Waals surface area contributed by atoms with Crippen molar-refractivity contribution in [2.24, 2.45) is 0 Å². The van der Waals surface area contributed by atoms with Crippen LogP contribution in [0.2, 0.25) is 0 Å². The summed E-state index contributed by atoms with van der Waals surface area (Å²) >= 11 is 0. The lowest BCUT2D eigenvalue weighted by Crippen LogP contribution is -2.32. The van der Waals surface area contributed by atoms with Crippen LogP contribution >= 0.6 is 0 Å². The van der Waals surface area contributed by atoms with Crippen LogP contribution in [0.25, 0.3) is 22.3 Å². The molecule has 3 aromatic rings. The third-order valence-corrected chi connectivity index (χ3v) is 4.95. The Labute approximate surface area is 145 Å². The molecule has 0 bridgehead atoms. The van der Waals surface area contributed by atoms with Crippen molar-refractivity contribution in [1.82, 2.24) is 4.72 Å². The summed E-state index contributed by atoms with van der Waals surface area (Å²) in [6.07, 6.45) is 0. The number of benzene rings is 3. The quantitative estimate of drug-likeness (QED) is 0.759. The molecule has 3 aromatic carbocycles. The Morgan fingerprint density at radius 3 is 2.24 bits per heavy atom. The van der Waals surface area contributed by atoms with Gasteiger partial charge in [-0.3, -0.25) is 0 Å². The van der Waals surface area contributed by atoms with Crippen molar-refractivity contribution in [3.8, 4) is 28.0 Å². The van der Waals surface area contributed by atoms with Gasteiger partial charge in [0.2, 0.25) is 0 Å². The van der Waals surface area contributed by atoms with Gasteiger partial charge in [-0.1, -0.05) is 54.6 Å². The zero-order chi connectivity index (χ0) is 17.4. The minimum atomic E-state index is -3.86. The second-order valence-electron chi connectivity index (χ2n) is 5.74. The van der Waals surface area contributed by atoms with Gasteiger partial charge in [0, 0.05) is 17.7 Å². The molecule has 0 unspecified atom stereocenters. The van der Waals surface area contributed by atoms with Gasteiger partial charge in [0.1, 0.15) is 5.82 Å². The molecule has 1 aliphatic heterocycles. The molecule has 1 N–H and O–H groups in total. The molecule has 0 atom stereocenters. The standard InChI is InChI=1S/C19H14FNO3S/c20-17-10-16-12-21-25(22,23)24-19(16)18(11-17)15-8-6-14(7-9-15)13-4-2-1-3-5-13/h1-11,21H,12H2. The maximum absolute atomic E-state index is 13.9. The van der Waals surface area contributed by atoms with Gasteiger partial charge in [0.05, 0.1) is 0 Å². The fourth-order valence-electron chi connectivity index (χ4n) is 2.87. The zero-order valence-corrected chi connectivity index (χ0v) is 13.9. The largest absolute Gasteiger partial charge is 0.382 e. The summed E-state index contributed by atoms with van der Waals surface area (Å²) in [5, 5.41) is 0. The summed E-state index contributed by atoms with van der Waals surface area (Å²) in [7, 11) is -3.86. The second-order valence-corrected chi connectivity index (χ2v) is 7.11. The lowest BCUT2D eigenvalue weighted by molar-refractivity contribution is 0.452. The Balaban J connectivity index is 1.79. The normalized spacial score (nSPS) is 15.2. The summed E-state index contributed by atoms with van der Waals surface area (Å²) in [6.45, 7) is 0.00449. The average Bonchev–Trinajstić information content (AvgIpc) is 2.62. The number of rotatable bonds is 2. The van der Waals surface area contributed by atoms with E-state index in [2.05, 4.69) is 4.72 Å². The Morgan fingerprint density at radius 2 is 1.52 bits per heavy atom. The monoisotopic (exact) mass is 355 g/mol. The Kier molecular flexibility index (Phi) is 3.78. The molecule has 0 saturated heterocycles. The third kappa shape index (κ3) is 3.14. The van der Waals surface area contributed by atoms with E-state index < -0.39 is 16.1 Å². The van der Waals surface area contributed by atoms with Crippen molar-refractivity contribution in [3.05, 3.63) is 78.1 Å². The molecule has 4 rings (SSSR count). The number of hydrogen-bond donors (Lipinski definition) is 1. The average molecular weight is 355 g/mol. The second kappa shape index (κ2) is 5.98. The Hall–Kier alpha value is -2.70. The van der Waals surface area contributed by atoms with E-state index in [4.69, 9.17) is 4.18 Å². The van der Waals surface area contributed by atoms with Crippen LogP contribution < -0.4 is 8.91 Å². The molecule has 1 aliphatic rings. The topological polar surface area (TPSA) is 55.4 Å². The number of nitrogens with one attached hydrogen (secondary N) is 1. The molecule has 126 valence electrons. The SMILES string of the molecule is O=S1(=O)NCc2cc(F)cc(-c3ccc(-c4ccccc4)cc3)c2O1. The van der Waals surface area contributed by atoms with E-state index in [9.17, 15) is 12.8 Å². The molecule has 0 aromatic heterocycles. The molecule has 4 nitrogen and oxygen atoms in total. The van der Waals surface area contributed by atoms with Crippen molar-refractivity contribution in [1.29, 1.82) is 0 Å². The molecule has 0 spiro atoms. The van der Waals surface area contributed by atoms with E-state index in [-0.39, 0.29) is 12.3 Å². The van der Waals surface area contributed by atoms with Gasteiger partial charge in [-0.2, -0.15) is 13.1 Å². The number of halogens is 1. The molecule has 0 saturated carbocycles. The highest BCUT2D eigenvalue weighted by Gasteiger charge is 2.26.